The van der Waals surface area contributed by atoms with Crippen LogP contribution in [0.3, 0.4) is 0 Å². The van der Waals surface area contributed by atoms with Gasteiger partial charge in [-0.05, 0) is 25.7 Å². The van der Waals surface area contributed by atoms with Crippen molar-refractivity contribution < 1.29 is 14.4 Å². The predicted octanol–water partition coefficient (Wildman–Crippen LogP) is 1.24. The number of amides is 1. The molecule has 3 aliphatic rings. The van der Waals surface area contributed by atoms with Crippen LogP contribution in [0, 0.1) is 18.8 Å². The summed E-state index contributed by atoms with van der Waals surface area (Å²) in [5.74, 6) is 0.772. The Labute approximate surface area is 139 Å². The van der Waals surface area contributed by atoms with Crippen LogP contribution in [0.4, 0.5) is 5.13 Å². The van der Waals surface area contributed by atoms with Gasteiger partial charge in [0.05, 0.1) is 19.3 Å². The molecule has 3 aliphatic heterocycles. The summed E-state index contributed by atoms with van der Waals surface area (Å²) in [5.41, 5.74) is 0. The van der Waals surface area contributed by atoms with E-state index in [1.54, 1.807) is 16.4 Å². The number of carbonyl (C=O) groups is 1. The molecule has 23 heavy (non-hydrogen) atoms. The van der Waals surface area contributed by atoms with Gasteiger partial charge in [0.1, 0.15) is 5.01 Å². The van der Waals surface area contributed by atoms with Gasteiger partial charge in [-0.1, -0.05) is 11.3 Å². The maximum atomic E-state index is 12.4. The zero-order valence-corrected chi connectivity index (χ0v) is 14.1. The fraction of sp³-hybridized carbons (Fsp3) is 0.800. The van der Waals surface area contributed by atoms with Crippen molar-refractivity contribution in [2.24, 2.45) is 11.8 Å². The van der Waals surface area contributed by atoms with Gasteiger partial charge in [-0.2, -0.15) is 0 Å². The molecule has 0 unspecified atom stereocenters. The Hall–Kier alpha value is -1.25. The lowest BCUT2D eigenvalue weighted by Gasteiger charge is -2.27. The molecule has 3 saturated heterocycles. The van der Waals surface area contributed by atoms with Crippen LogP contribution in [-0.2, 0) is 14.4 Å². The van der Waals surface area contributed by atoms with Gasteiger partial charge in [-0.15, -0.1) is 10.2 Å². The summed E-state index contributed by atoms with van der Waals surface area (Å²) in [6.45, 7) is 5.77. The second-order valence-corrected chi connectivity index (χ2v) is 7.70. The van der Waals surface area contributed by atoms with E-state index >= 15 is 0 Å². The van der Waals surface area contributed by atoms with Gasteiger partial charge < -0.3 is 9.64 Å². The molecule has 7 nitrogen and oxygen atoms in total. The van der Waals surface area contributed by atoms with E-state index in [4.69, 9.17) is 9.57 Å². The van der Waals surface area contributed by atoms with E-state index < -0.39 is 0 Å². The molecule has 0 spiro atoms. The standard InChI is InChI=1S/C15H22N4O3S/c1-10-16-17-15(23-10)18-7-12-11(9-21-13(12)8-18)6-14(20)19-4-2-3-5-22-19/h11-13H,2-9H2,1H3/t11-,12-,13-/m0/s1. The molecule has 0 N–H and O–H groups in total. The number of hydroxylamine groups is 2. The molecular formula is C15H22N4O3S. The van der Waals surface area contributed by atoms with E-state index in [2.05, 4.69) is 15.1 Å². The third kappa shape index (κ3) is 3.07. The van der Waals surface area contributed by atoms with Crippen LogP contribution in [0.15, 0.2) is 0 Å². The summed E-state index contributed by atoms with van der Waals surface area (Å²) >= 11 is 1.61. The van der Waals surface area contributed by atoms with Crippen molar-refractivity contribution in [1.82, 2.24) is 15.3 Å². The second-order valence-electron chi connectivity index (χ2n) is 6.54. The Morgan fingerprint density at radius 3 is 3.00 bits per heavy atom. The minimum atomic E-state index is 0.101. The molecule has 126 valence electrons. The highest BCUT2D eigenvalue weighted by atomic mass is 32.1. The van der Waals surface area contributed by atoms with Crippen LogP contribution in [-0.4, -0.2) is 60.1 Å². The molecule has 1 aromatic rings. The smallest absolute Gasteiger partial charge is 0.246 e. The highest BCUT2D eigenvalue weighted by Gasteiger charge is 2.45. The minimum Gasteiger partial charge on any atom is -0.376 e. The number of hydrogen-bond acceptors (Lipinski definition) is 7. The lowest BCUT2D eigenvalue weighted by Crippen LogP contribution is -2.37. The maximum Gasteiger partial charge on any atom is 0.246 e. The molecule has 3 atom stereocenters. The molecule has 0 aliphatic carbocycles. The average Bonchev–Trinajstić information content (AvgIpc) is 3.25. The lowest BCUT2D eigenvalue weighted by atomic mass is 9.90. The monoisotopic (exact) mass is 338 g/mol. The van der Waals surface area contributed by atoms with E-state index in [0.29, 0.717) is 25.6 Å². The Bertz CT molecular complexity index is 575. The Morgan fingerprint density at radius 2 is 2.26 bits per heavy atom. The fourth-order valence-corrected chi connectivity index (χ4v) is 4.40. The first-order valence-electron chi connectivity index (χ1n) is 8.30. The number of fused-ring (bicyclic) bond motifs is 1. The lowest BCUT2D eigenvalue weighted by molar-refractivity contribution is -0.198. The van der Waals surface area contributed by atoms with E-state index in [-0.39, 0.29) is 17.9 Å². The highest BCUT2D eigenvalue weighted by Crippen LogP contribution is 2.38. The van der Waals surface area contributed by atoms with Crippen molar-refractivity contribution in [3.8, 4) is 0 Å². The number of rotatable bonds is 3. The summed E-state index contributed by atoms with van der Waals surface area (Å²) in [5, 5.41) is 11.8. The van der Waals surface area contributed by atoms with Crippen LogP contribution in [0.25, 0.3) is 0 Å². The number of anilines is 1. The Kier molecular flexibility index (Phi) is 4.21. The zero-order chi connectivity index (χ0) is 15.8. The van der Waals surface area contributed by atoms with Crippen molar-refractivity contribution in [3.63, 3.8) is 0 Å². The molecular weight excluding hydrogens is 316 g/mol. The van der Waals surface area contributed by atoms with E-state index in [1.165, 1.54) is 0 Å². The molecule has 0 radical (unpaired) electrons. The SMILES string of the molecule is Cc1nnc(N2C[C@H]3[C@@H](CC(=O)N4CCCCO4)CO[C@H]3C2)s1. The van der Waals surface area contributed by atoms with Crippen LogP contribution >= 0.6 is 11.3 Å². The van der Waals surface area contributed by atoms with Crippen molar-refractivity contribution >= 4 is 22.4 Å². The van der Waals surface area contributed by atoms with Gasteiger partial charge in [-0.25, -0.2) is 5.06 Å². The number of aryl methyl sites for hydroxylation is 1. The van der Waals surface area contributed by atoms with Crippen molar-refractivity contribution in [3.05, 3.63) is 5.01 Å². The van der Waals surface area contributed by atoms with Gasteiger partial charge in [0.2, 0.25) is 11.0 Å². The predicted molar refractivity (Wildman–Crippen MR) is 85.1 cm³/mol. The Balaban J connectivity index is 1.37. The normalized spacial score (nSPS) is 30.7. The second kappa shape index (κ2) is 6.33. The highest BCUT2D eigenvalue weighted by molar-refractivity contribution is 7.15. The summed E-state index contributed by atoms with van der Waals surface area (Å²) in [4.78, 5) is 20.1. The molecule has 0 saturated carbocycles. The van der Waals surface area contributed by atoms with Gasteiger partial charge in [-0.3, -0.25) is 9.63 Å². The maximum absolute atomic E-state index is 12.4. The van der Waals surface area contributed by atoms with Gasteiger partial charge in [0.15, 0.2) is 0 Å². The molecule has 8 heteroatoms. The largest absolute Gasteiger partial charge is 0.376 e. The van der Waals surface area contributed by atoms with Gasteiger partial charge in [0.25, 0.3) is 0 Å². The third-order valence-electron chi connectivity index (χ3n) is 4.94. The average molecular weight is 338 g/mol. The van der Waals surface area contributed by atoms with Crippen LogP contribution in [0.2, 0.25) is 0 Å². The van der Waals surface area contributed by atoms with Crippen molar-refractivity contribution in [1.29, 1.82) is 0 Å². The Morgan fingerprint density at radius 1 is 1.35 bits per heavy atom. The van der Waals surface area contributed by atoms with Crippen LogP contribution < -0.4 is 4.90 Å². The van der Waals surface area contributed by atoms with Crippen LogP contribution in [0.1, 0.15) is 24.3 Å². The van der Waals surface area contributed by atoms with Crippen LogP contribution in [0.5, 0.6) is 0 Å². The molecule has 1 aromatic heterocycles. The van der Waals surface area contributed by atoms with E-state index in [1.807, 2.05) is 6.92 Å². The summed E-state index contributed by atoms with van der Waals surface area (Å²) in [6, 6.07) is 0. The number of carbonyl (C=O) groups excluding carboxylic acids is 1. The molecule has 0 bridgehead atoms. The van der Waals surface area contributed by atoms with Crippen molar-refractivity contribution in [2.45, 2.75) is 32.3 Å². The molecule has 3 fully saturated rings. The first-order chi connectivity index (χ1) is 11.2. The number of nitrogens with zero attached hydrogens (tertiary/aromatic N) is 4. The molecule has 0 aromatic carbocycles. The summed E-state index contributed by atoms with van der Waals surface area (Å²) in [6.07, 6.45) is 2.80. The zero-order valence-electron chi connectivity index (χ0n) is 13.3. The van der Waals surface area contributed by atoms with Gasteiger partial charge >= 0.3 is 0 Å². The summed E-state index contributed by atoms with van der Waals surface area (Å²) in [7, 11) is 0. The van der Waals surface area contributed by atoms with Gasteiger partial charge in [0, 0.05) is 32.0 Å². The first kappa shape index (κ1) is 15.3. The number of ether oxygens (including phenoxy) is 1. The fourth-order valence-electron chi connectivity index (χ4n) is 3.70. The number of aromatic nitrogens is 2. The molecule has 4 heterocycles. The quantitative estimate of drug-likeness (QED) is 0.826. The van der Waals surface area contributed by atoms with E-state index in [9.17, 15) is 4.79 Å². The molecule has 4 rings (SSSR count). The molecule has 1 amide bonds. The first-order valence-corrected chi connectivity index (χ1v) is 9.12. The summed E-state index contributed by atoms with van der Waals surface area (Å²) < 4.78 is 5.94. The topological polar surface area (TPSA) is 67.8 Å². The van der Waals surface area contributed by atoms with Crippen molar-refractivity contribution in [2.75, 3.05) is 37.7 Å². The third-order valence-corrected chi connectivity index (χ3v) is 5.84. The minimum absolute atomic E-state index is 0.101. The number of hydrogen-bond donors (Lipinski definition) is 0. The van der Waals surface area contributed by atoms with E-state index in [0.717, 1.165) is 42.6 Å².